The minimum Gasteiger partial charge on any atom is -0.317 e. The van der Waals surface area contributed by atoms with E-state index in [9.17, 15) is 0 Å². The first-order valence-electron chi connectivity index (χ1n) is 7.61. The summed E-state index contributed by atoms with van der Waals surface area (Å²) in [6.45, 7) is 3.94. The van der Waals surface area contributed by atoms with Gasteiger partial charge in [0.1, 0.15) is 0 Å². The van der Waals surface area contributed by atoms with Crippen LogP contribution in [-0.4, -0.2) is 10.8 Å². The molecule has 0 aliphatic carbocycles. The molecule has 1 heterocycles. The summed E-state index contributed by atoms with van der Waals surface area (Å²) in [5.74, 6) is 0. The van der Waals surface area contributed by atoms with Crippen molar-refractivity contribution in [3.63, 3.8) is 0 Å². The van der Waals surface area contributed by atoms with Gasteiger partial charge < -0.3 is 4.57 Å². The molecule has 0 N–H and O–H groups in total. The van der Waals surface area contributed by atoms with E-state index >= 15 is 0 Å². The molecular formula is C21H16N2. The van der Waals surface area contributed by atoms with Gasteiger partial charge in [-0.2, -0.15) is 0 Å². The summed E-state index contributed by atoms with van der Waals surface area (Å²) in [5, 5.41) is 2.42. The minimum absolute atomic E-state index is 0.952. The van der Waals surface area contributed by atoms with Crippen molar-refractivity contribution in [2.24, 2.45) is 4.99 Å². The Bertz CT molecular complexity index is 1020. The van der Waals surface area contributed by atoms with Crippen LogP contribution in [0, 0.1) is 0 Å². The minimum atomic E-state index is 0.952. The van der Waals surface area contributed by atoms with Crippen LogP contribution in [-0.2, 0) is 0 Å². The summed E-state index contributed by atoms with van der Waals surface area (Å²) in [5.41, 5.74) is 4.37. The topological polar surface area (TPSA) is 17.3 Å². The first kappa shape index (κ1) is 13.5. The second-order valence-electron chi connectivity index (χ2n) is 5.44. The number of nitrogens with zero attached hydrogens (tertiary/aromatic N) is 2. The van der Waals surface area contributed by atoms with Crippen molar-refractivity contribution in [2.75, 3.05) is 0 Å². The normalized spacial score (nSPS) is 11.5. The zero-order valence-corrected chi connectivity index (χ0v) is 12.7. The van der Waals surface area contributed by atoms with E-state index in [1.807, 2.05) is 48.8 Å². The quantitative estimate of drug-likeness (QED) is 0.435. The van der Waals surface area contributed by atoms with Crippen molar-refractivity contribution in [1.82, 2.24) is 4.57 Å². The molecule has 1 aromatic heterocycles. The molecule has 2 nitrogen and oxygen atoms in total. The Morgan fingerprint density at radius 2 is 1.52 bits per heavy atom. The molecule has 0 bridgehead atoms. The van der Waals surface area contributed by atoms with Crippen molar-refractivity contribution < 1.29 is 0 Å². The number of rotatable bonds is 3. The molecule has 3 aromatic carbocycles. The predicted molar refractivity (Wildman–Crippen MR) is 99.5 cm³/mol. The van der Waals surface area contributed by atoms with Crippen LogP contribution in [0.2, 0.25) is 0 Å². The number of aliphatic imine (C=N–C) groups is 1. The fraction of sp³-hybridized carbons (Fsp3) is 0. The van der Waals surface area contributed by atoms with Gasteiger partial charge in [-0.3, -0.25) is 4.99 Å². The van der Waals surface area contributed by atoms with E-state index in [4.69, 9.17) is 0 Å². The molecule has 0 saturated carbocycles. The molecule has 0 saturated heterocycles. The van der Waals surface area contributed by atoms with Gasteiger partial charge in [0, 0.05) is 23.2 Å². The number of fused-ring (bicyclic) bond motifs is 3. The summed E-state index contributed by atoms with van der Waals surface area (Å²) < 4.78 is 2.12. The zero-order valence-electron chi connectivity index (χ0n) is 12.7. The van der Waals surface area contributed by atoms with E-state index in [0.29, 0.717) is 0 Å². The molecule has 0 fully saturated rings. The Hall–Kier alpha value is -3.13. The van der Waals surface area contributed by atoms with E-state index in [-0.39, 0.29) is 0 Å². The van der Waals surface area contributed by atoms with Crippen LogP contribution in [0.1, 0.15) is 5.56 Å². The van der Waals surface area contributed by atoms with Crippen LogP contribution in [0.4, 0.5) is 5.69 Å². The van der Waals surface area contributed by atoms with Crippen LogP contribution in [0.5, 0.6) is 0 Å². The SMILES string of the molecule is C=Cn1c2ccccc2c2cc(N=Cc3ccccc3)ccc21. The highest BCUT2D eigenvalue weighted by Crippen LogP contribution is 2.31. The fourth-order valence-corrected chi connectivity index (χ4v) is 2.96. The van der Waals surface area contributed by atoms with Gasteiger partial charge in [0.25, 0.3) is 0 Å². The maximum atomic E-state index is 4.61. The molecule has 0 radical (unpaired) electrons. The predicted octanol–water partition coefficient (Wildman–Crippen LogP) is 5.65. The molecule has 0 unspecified atom stereocenters. The number of hydrogen-bond acceptors (Lipinski definition) is 1. The van der Waals surface area contributed by atoms with Crippen molar-refractivity contribution >= 4 is 39.9 Å². The summed E-state index contributed by atoms with van der Waals surface area (Å²) in [6.07, 6.45) is 3.76. The Balaban J connectivity index is 1.86. The van der Waals surface area contributed by atoms with Gasteiger partial charge in [0.15, 0.2) is 0 Å². The maximum Gasteiger partial charge on any atom is 0.0637 e. The molecular weight excluding hydrogens is 280 g/mol. The van der Waals surface area contributed by atoms with Gasteiger partial charge in [-0.25, -0.2) is 0 Å². The third-order valence-electron chi connectivity index (χ3n) is 4.04. The van der Waals surface area contributed by atoms with Crippen molar-refractivity contribution in [1.29, 1.82) is 0 Å². The molecule has 0 aliphatic heterocycles. The second kappa shape index (κ2) is 5.58. The van der Waals surface area contributed by atoms with Gasteiger partial charge in [-0.1, -0.05) is 55.1 Å². The molecule has 23 heavy (non-hydrogen) atoms. The molecule has 4 aromatic rings. The van der Waals surface area contributed by atoms with Crippen LogP contribution >= 0.6 is 0 Å². The third-order valence-corrected chi connectivity index (χ3v) is 4.04. The summed E-state index contributed by atoms with van der Waals surface area (Å²) in [7, 11) is 0. The van der Waals surface area contributed by atoms with Crippen LogP contribution in [0.15, 0.2) is 84.4 Å². The van der Waals surface area contributed by atoms with Gasteiger partial charge in [-0.05, 0) is 29.8 Å². The van der Waals surface area contributed by atoms with Gasteiger partial charge in [0.05, 0.1) is 16.7 Å². The van der Waals surface area contributed by atoms with E-state index < -0.39 is 0 Å². The van der Waals surface area contributed by atoms with E-state index in [1.54, 1.807) is 0 Å². The smallest absolute Gasteiger partial charge is 0.0637 e. The lowest BCUT2D eigenvalue weighted by Crippen LogP contribution is -1.83. The van der Waals surface area contributed by atoms with Crippen LogP contribution in [0.25, 0.3) is 28.0 Å². The van der Waals surface area contributed by atoms with Crippen molar-refractivity contribution in [2.45, 2.75) is 0 Å². The standard InChI is InChI=1S/C21H16N2/c1-2-23-20-11-7-6-10-18(20)19-14-17(12-13-21(19)23)22-15-16-8-4-3-5-9-16/h2-15H,1H2. The first-order chi connectivity index (χ1) is 11.4. The first-order valence-corrected chi connectivity index (χ1v) is 7.61. The Kier molecular flexibility index (Phi) is 3.28. The highest BCUT2D eigenvalue weighted by atomic mass is 14.9. The molecule has 4 rings (SSSR count). The Morgan fingerprint density at radius 1 is 0.783 bits per heavy atom. The third kappa shape index (κ3) is 2.34. The summed E-state index contributed by atoms with van der Waals surface area (Å²) in [4.78, 5) is 4.61. The highest BCUT2D eigenvalue weighted by molar-refractivity contribution is 6.10. The number of benzene rings is 3. The summed E-state index contributed by atoms with van der Waals surface area (Å²) in [6, 6.07) is 24.8. The lowest BCUT2D eigenvalue weighted by atomic mass is 10.1. The monoisotopic (exact) mass is 296 g/mol. The number of para-hydroxylation sites is 1. The second-order valence-corrected chi connectivity index (χ2v) is 5.44. The lowest BCUT2D eigenvalue weighted by Gasteiger charge is -1.99. The van der Waals surface area contributed by atoms with E-state index in [2.05, 4.69) is 52.5 Å². The number of hydrogen-bond donors (Lipinski definition) is 0. The lowest BCUT2D eigenvalue weighted by molar-refractivity contribution is 1.30. The molecule has 0 atom stereocenters. The Labute approximate surface area is 135 Å². The van der Waals surface area contributed by atoms with E-state index in [0.717, 1.165) is 16.8 Å². The average molecular weight is 296 g/mol. The fourth-order valence-electron chi connectivity index (χ4n) is 2.96. The van der Waals surface area contributed by atoms with Gasteiger partial charge >= 0.3 is 0 Å². The maximum absolute atomic E-state index is 4.61. The van der Waals surface area contributed by atoms with Crippen LogP contribution in [0.3, 0.4) is 0 Å². The number of aromatic nitrogens is 1. The molecule has 0 amide bonds. The molecule has 0 spiro atoms. The highest BCUT2D eigenvalue weighted by Gasteiger charge is 2.08. The molecule has 0 aliphatic rings. The summed E-state index contributed by atoms with van der Waals surface area (Å²) >= 11 is 0. The van der Waals surface area contributed by atoms with Crippen LogP contribution < -0.4 is 0 Å². The van der Waals surface area contributed by atoms with Crippen molar-refractivity contribution in [3.05, 3.63) is 84.9 Å². The van der Waals surface area contributed by atoms with Crippen molar-refractivity contribution in [3.8, 4) is 0 Å². The van der Waals surface area contributed by atoms with Gasteiger partial charge in [-0.15, -0.1) is 0 Å². The molecule has 2 heteroatoms. The molecule has 110 valence electrons. The zero-order chi connectivity index (χ0) is 15.6. The van der Waals surface area contributed by atoms with E-state index in [1.165, 1.54) is 16.3 Å². The average Bonchev–Trinajstić information content (AvgIpc) is 2.94. The largest absolute Gasteiger partial charge is 0.317 e. The van der Waals surface area contributed by atoms with Gasteiger partial charge in [0.2, 0.25) is 0 Å². The Morgan fingerprint density at radius 3 is 2.35 bits per heavy atom.